The molecule has 11 heteroatoms. The van der Waals surface area contributed by atoms with Gasteiger partial charge in [0, 0.05) is 66.7 Å². The van der Waals surface area contributed by atoms with E-state index in [1.54, 1.807) is 0 Å². The number of carbonyl (C=O) groups is 2. The smallest absolute Gasteiger partial charge is 0.284 e. The molecule has 3 heterocycles. The lowest BCUT2D eigenvalue weighted by atomic mass is 9.68. The molecule has 1 aliphatic carbocycles. The second-order valence-corrected chi connectivity index (χ2v) is 13.5. The summed E-state index contributed by atoms with van der Waals surface area (Å²) in [5.74, 6) is -1.93. The van der Waals surface area contributed by atoms with Gasteiger partial charge in [-0.15, -0.1) is 10.2 Å². The van der Waals surface area contributed by atoms with Gasteiger partial charge < -0.3 is 9.52 Å². The number of ketones is 2. The number of benzene rings is 1. The van der Waals surface area contributed by atoms with Crippen LogP contribution in [-0.4, -0.2) is 66.5 Å². The van der Waals surface area contributed by atoms with Gasteiger partial charge in [-0.05, 0) is 64.7 Å². The third-order valence-electron chi connectivity index (χ3n) is 8.79. The van der Waals surface area contributed by atoms with Crippen molar-refractivity contribution in [3.05, 3.63) is 59.0 Å². The summed E-state index contributed by atoms with van der Waals surface area (Å²) in [7, 11) is 0. The first kappa shape index (κ1) is 31.0. The highest BCUT2D eigenvalue weighted by Crippen LogP contribution is 2.44. The lowest BCUT2D eigenvalue weighted by Crippen LogP contribution is -2.62. The molecule has 5 rings (SSSR count). The zero-order valence-corrected chi connectivity index (χ0v) is 25.4. The molecule has 230 valence electrons. The Labute approximate surface area is 250 Å². The monoisotopic (exact) mass is 595 g/mol. The average Bonchev–Trinajstić information content (AvgIpc) is 3.36. The van der Waals surface area contributed by atoms with Crippen LogP contribution in [0.1, 0.15) is 93.6 Å². The molecule has 43 heavy (non-hydrogen) atoms. The van der Waals surface area contributed by atoms with Gasteiger partial charge in [0.1, 0.15) is 23.2 Å². The number of rotatable bonds is 10. The number of aliphatic hydroxyl groups is 1. The fourth-order valence-electron chi connectivity index (χ4n) is 6.55. The second-order valence-electron chi connectivity index (χ2n) is 13.5. The van der Waals surface area contributed by atoms with Crippen molar-refractivity contribution in [2.45, 2.75) is 96.6 Å². The topological polar surface area (TPSA) is 122 Å². The molecular formula is C32H39F2N5O4. The lowest BCUT2D eigenvalue weighted by molar-refractivity contribution is -0.128. The minimum atomic E-state index is -0.874. The van der Waals surface area contributed by atoms with E-state index >= 15 is 0 Å². The Morgan fingerprint density at radius 3 is 2.33 bits per heavy atom. The van der Waals surface area contributed by atoms with Crippen LogP contribution < -0.4 is 0 Å². The number of hydrogen-bond acceptors (Lipinski definition) is 9. The second kappa shape index (κ2) is 11.6. The Morgan fingerprint density at radius 2 is 1.70 bits per heavy atom. The van der Waals surface area contributed by atoms with Gasteiger partial charge in [0.2, 0.25) is 5.78 Å². The van der Waals surface area contributed by atoms with Crippen molar-refractivity contribution in [2.75, 3.05) is 13.1 Å². The largest absolute Gasteiger partial charge is 0.413 e. The van der Waals surface area contributed by atoms with E-state index in [4.69, 9.17) is 4.42 Å². The van der Waals surface area contributed by atoms with Crippen LogP contribution in [0.3, 0.4) is 0 Å². The summed E-state index contributed by atoms with van der Waals surface area (Å²) in [6.07, 6.45) is 3.50. The van der Waals surface area contributed by atoms with Gasteiger partial charge in [-0.2, -0.15) is 0 Å². The Hall–Kier alpha value is -3.44. The number of likely N-dealkylation sites (tertiary alicyclic amines) is 1. The van der Waals surface area contributed by atoms with Crippen LogP contribution in [0.25, 0.3) is 11.5 Å². The van der Waals surface area contributed by atoms with Crippen LogP contribution in [0.15, 0.2) is 28.7 Å². The number of aromatic nitrogens is 4. The molecule has 1 aromatic carbocycles. The molecule has 0 radical (unpaired) electrons. The van der Waals surface area contributed by atoms with Crippen molar-refractivity contribution < 1.29 is 27.9 Å². The zero-order valence-electron chi connectivity index (χ0n) is 25.4. The van der Waals surface area contributed by atoms with E-state index in [9.17, 15) is 23.5 Å². The van der Waals surface area contributed by atoms with E-state index in [-0.39, 0.29) is 48.4 Å². The maximum atomic E-state index is 14.3. The molecule has 1 saturated heterocycles. The number of hydrogen-bond donors (Lipinski definition) is 1. The molecule has 2 fully saturated rings. The maximum absolute atomic E-state index is 14.3. The summed E-state index contributed by atoms with van der Waals surface area (Å²) < 4.78 is 33.2. The average molecular weight is 596 g/mol. The fourth-order valence-corrected chi connectivity index (χ4v) is 6.55. The van der Waals surface area contributed by atoms with E-state index in [0.717, 1.165) is 30.3 Å². The third-order valence-corrected chi connectivity index (χ3v) is 8.79. The van der Waals surface area contributed by atoms with Gasteiger partial charge in [-0.25, -0.2) is 18.7 Å². The quantitative estimate of drug-likeness (QED) is 0.311. The summed E-state index contributed by atoms with van der Waals surface area (Å²) in [6.45, 7) is 10.7. The first-order valence-corrected chi connectivity index (χ1v) is 14.8. The van der Waals surface area contributed by atoms with Crippen molar-refractivity contribution in [1.82, 2.24) is 25.1 Å². The van der Waals surface area contributed by atoms with Gasteiger partial charge in [-0.1, -0.05) is 13.8 Å². The number of Topliss-reactive ketones (excluding diaryl/α,β-unsaturated/α-hetero) is 2. The van der Waals surface area contributed by atoms with Crippen LogP contribution in [0.2, 0.25) is 0 Å². The highest BCUT2D eigenvalue weighted by molar-refractivity contribution is 5.93. The van der Waals surface area contributed by atoms with E-state index < -0.39 is 33.8 Å². The van der Waals surface area contributed by atoms with E-state index in [1.807, 2.05) is 40.7 Å². The van der Waals surface area contributed by atoms with Crippen molar-refractivity contribution >= 4 is 11.6 Å². The Kier molecular flexibility index (Phi) is 8.34. The van der Waals surface area contributed by atoms with Crippen LogP contribution in [-0.2, 0) is 10.2 Å². The highest BCUT2D eigenvalue weighted by Gasteiger charge is 2.49. The van der Waals surface area contributed by atoms with Crippen LogP contribution in [0, 0.1) is 30.9 Å². The number of nitrogens with zero attached hydrogens (tertiary/aromatic N) is 5. The molecule has 1 aliphatic heterocycles. The summed E-state index contributed by atoms with van der Waals surface area (Å²) >= 11 is 0. The molecule has 0 atom stereocenters. The lowest BCUT2D eigenvalue weighted by Gasteiger charge is -2.54. The third kappa shape index (κ3) is 7.04. The minimum Gasteiger partial charge on any atom is -0.413 e. The van der Waals surface area contributed by atoms with Crippen LogP contribution in [0.5, 0.6) is 0 Å². The van der Waals surface area contributed by atoms with E-state index in [1.165, 1.54) is 6.07 Å². The Bertz CT molecular complexity index is 1500. The molecule has 2 aliphatic rings. The van der Waals surface area contributed by atoms with Crippen molar-refractivity contribution in [3.63, 3.8) is 0 Å². The summed E-state index contributed by atoms with van der Waals surface area (Å²) in [5, 5.41) is 18.1. The number of aryl methyl sites for hydroxylation is 2. The molecule has 0 unspecified atom stereocenters. The molecule has 1 saturated carbocycles. The molecule has 9 nitrogen and oxygen atoms in total. The highest BCUT2D eigenvalue weighted by atomic mass is 19.1. The summed E-state index contributed by atoms with van der Waals surface area (Å²) in [5.41, 5.74) is -0.319. The van der Waals surface area contributed by atoms with Crippen LogP contribution >= 0.6 is 0 Å². The van der Waals surface area contributed by atoms with Gasteiger partial charge in [-0.3, -0.25) is 14.5 Å². The maximum Gasteiger partial charge on any atom is 0.284 e. The van der Waals surface area contributed by atoms with Crippen molar-refractivity contribution in [2.24, 2.45) is 5.41 Å². The first-order chi connectivity index (χ1) is 20.1. The zero-order chi connectivity index (χ0) is 31.2. The molecule has 1 N–H and O–H groups in total. The van der Waals surface area contributed by atoms with Crippen molar-refractivity contribution in [1.29, 1.82) is 0 Å². The minimum absolute atomic E-state index is 0.00591. The first-order valence-electron chi connectivity index (χ1n) is 14.8. The van der Waals surface area contributed by atoms with Crippen LogP contribution in [0.4, 0.5) is 8.78 Å². The molecule has 0 amide bonds. The predicted octanol–water partition coefficient (Wildman–Crippen LogP) is 5.32. The van der Waals surface area contributed by atoms with Crippen molar-refractivity contribution in [3.8, 4) is 11.5 Å². The normalized spacial score (nSPS) is 22.3. The number of carbonyl (C=O) groups excluding carboxylic acids is 2. The SMILES string of the molecule is Cc1cc(C)nc(C(C)(C)CC(=O)CC2(CC(=O)c3nnc(-c4ccc(F)cc4F)o3)CN(C3CCC(C)(O)CC3)C2)n1. The molecule has 3 aromatic rings. The van der Waals surface area contributed by atoms with Gasteiger partial charge in [0.05, 0.1) is 11.2 Å². The van der Waals surface area contributed by atoms with Gasteiger partial charge in [0.15, 0.2) is 0 Å². The summed E-state index contributed by atoms with van der Waals surface area (Å²) in [4.78, 5) is 38.5. The van der Waals surface area contributed by atoms with E-state index in [0.29, 0.717) is 37.8 Å². The summed E-state index contributed by atoms with van der Waals surface area (Å²) in [6, 6.07) is 5.13. The van der Waals surface area contributed by atoms with E-state index in [2.05, 4.69) is 25.1 Å². The predicted molar refractivity (Wildman–Crippen MR) is 154 cm³/mol. The standard InChI is InChI=1S/C32H39F2N5O4/c1-19-12-20(2)36-29(35-19)30(3,4)14-23(40)15-32(17-39(18-32)22-8-10-31(5,42)11-9-22)16-26(41)28-38-37-27(43-28)24-7-6-21(33)13-25(24)34/h6-7,12-13,22,42H,8-11,14-18H2,1-5H3. The van der Waals surface area contributed by atoms with Gasteiger partial charge in [0.25, 0.3) is 11.8 Å². The molecule has 0 bridgehead atoms. The Balaban J connectivity index is 1.32. The number of halogens is 2. The Morgan fingerprint density at radius 1 is 1.05 bits per heavy atom. The molecule has 0 spiro atoms. The molecule has 2 aromatic heterocycles. The molecular weight excluding hydrogens is 556 g/mol. The fraction of sp³-hybridized carbons (Fsp3) is 0.562. The van der Waals surface area contributed by atoms with Gasteiger partial charge >= 0.3 is 0 Å².